The maximum Gasteiger partial charge on any atom is 0.233 e. The van der Waals surface area contributed by atoms with Gasteiger partial charge in [-0.25, -0.2) is 0 Å². The van der Waals surface area contributed by atoms with Crippen molar-refractivity contribution in [3.63, 3.8) is 0 Å². The number of aliphatic imine (C=N–C) groups is 1. The molecular weight excluding hydrogens is 479 g/mol. The minimum Gasteiger partial charge on any atom is -0.324 e. The van der Waals surface area contributed by atoms with E-state index in [1.54, 1.807) is 13.3 Å². The predicted octanol–water partition coefficient (Wildman–Crippen LogP) is 5.85. The fraction of sp³-hybridized carbons (Fsp3) is 0.231. The minimum atomic E-state index is -2.32. The molecule has 1 aliphatic carbocycles. The Bertz CT molecular complexity index is 1390. The van der Waals surface area contributed by atoms with Gasteiger partial charge in [-0.3, -0.25) is 4.99 Å². The zero-order chi connectivity index (χ0) is 24.4. The van der Waals surface area contributed by atoms with Gasteiger partial charge in [-0.1, -0.05) is 29.8 Å². The number of rotatable bonds is 7. The molecule has 0 saturated heterocycles. The number of aromatic nitrogens is 3. The maximum atomic E-state index is 12.3. The first-order valence-corrected chi connectivity index (χ1v) is 14.4. The van der Waals surface area contributed by atoms with Crippen LogP contribution >= 0.6 is 18.7 Å². The summed E-state index contributed by atoms with van der Waals surface area (Å²) in [5.41, 5.74) is 3.10. The van der Waals surface area contributed by atoms with Crippen LogP contribution in [-0.2, 0) is 4.57 Å². The van der Waals surface area contributed by atoms with Crippen LogP contribution in [0.4, 0.5) is 17.6 Å². The fourth-order valence-corrected chi connectivity index (χ4v) is 4.79. The van der Waals surface area contributed by atoms with Crippen molar-refractivity contribution in [2.45, 2.75) is 12.8 Å². The molecule has 1 saturated carbocycles. The highest BCUT2D eigenvalue weighted by Crippen LogP contribution is 2.38. The topological polar surface area (TPSA) is 92.2 Å². The van der Waals surface area contributed by atoms with E-state index >= 15 is 0 Å². The monoisotopic (exact) mass is 504 g/mol. The second kappa shape index (κ2) is 9.76. The lowest BCUT2D eigenvalue weighted by Gasteiger charge is -2.10. The highest BCUT2D eigenvalue weighted by atomic mass is 35.5. The molecule has 0 unspecified atom stereocenters. The molecule has 0 atom stereocenters. The molecule has 7 nitrogen and oxygen atoms in total. The van der Waals surface area contributed by atoms with Gasteiger partial charge in [0.05, 0.1) is 6.54 Å². The number of nitrogens with one attached hydrogen (secondary N) is 2. The van der Waals surface area contributed by atoms with Gasteiger partial charge in [0, 0.05) is 16.0 Å². The van der Waals surface area contributed by atoms with Gasteiger partial charge in [0.1, 0.15) is 13.0 Å². The van der Waals surface area contributed by atoms with E-state index in [0.29, 0.717) is 28.7 Å². The lowest BCUT2D eigenvalue weighted by molar-refractivity contribution is 0.588. The number of anilines is 3. The Hall–Kier alpha value is -3.28. The van der Waals surface area contributed by atoms with Crippen LogP contribution in [0.15, 0.2) is 65.2 Å². The first kappa shape index (κ1) is 23.5. The molecule has 1 fully saturated rings. The number of amidine groups is 1. The molecule has 35 heavy (non-hydrogen) atoms. The molecule has 1 aliphatic heterocycles. The van der Waals surface area contributed by atoms with Crippen molar-refractivity contribution in [1.29, 1.82) is 0 Å². The number of halogens is 1. The van der Waals surface area contributed by atoms with Gasteiger partial charge in [0.15, 0.2) is 5.82 Å². The number of nitrogens with zero attached hydrogens (tertiary/aromatic N) is 4. The summed E-state index contributed by atoms with van der Waals surface area (Å²) < 4.78 is 12.3. The van der Waals surface area contributed by atoms with Gasteiger partial charge in [0.25, 0.3) is 0 Å². The van der Waals surface area contributed by atoms with Crippen molar-refractivity contribution in [3.8, 4) is 0 Å². The summed E-state index contributed by atoms with van der Waals surface area (Å²) in [6.07, 6.45) is 8.32. The molecule has 2 N–H and O–H groups in total. The summed E-state index contributed by atoms with van der Waals surface area (Å²) >= 11 is 6.11. The molecule has 0 spiro atoms. The van der Waals surface area contributed by atoms with Gasteiger partial charge >= 0.3 is 0 Å². The molecule has 0 amide bonds. The summed E-state index contributed by atoms with van der Waals surface area (Å²) in [5.74, 6) is 2.72. The normalized spacial score (nSPS) is 15.7. The Balaban J connectivity index is 1.41. The van der Waals surface area contributed by atoms with Crippen molar-refractivity contribution < 1.29 is 4.57 Å². The summed E-state index contributed by atoms with van der Waals surface area (Å²) in [5, 5.41) is 7.95. The average Bonchev–Trinajstić information content (AvgIpc) is 3.56. The van der Waals surface area contributed by atoms with Gasteiger partial charge in [-0.05, 0) is 91.8 Å². The van der Waals surface area contributed by atoms with Crippen molar-refractivity contribution >= 4 is 59.6 Å². The van der Waals surface area contributed by atoms with Crippen LogP contribution in [0.2, 0.25) is 5.02 Å². The Morgan fingerprint density at radius 1 is 0.971 bits per heavy atom. The Kier molecular flexibility index (Phi) is 6.54. The SMILES string of the molecule is CP(C)(=O)c1ccc(Nc2nc(/C=C/c3cccc(Cl)c3)nc(NC3=NCC(C4CC4)=C3)n2)cc1. The molecule has 9 heteroatoms. The minimum absolute atomic E-state index is 0.391. The third-order valence-corrected chi connectivity index (χ3v) is 7.54. The average molecular weight is 505 g/mol. The third-order valence-electron chi connectivity index (χ3n) is 5.77. The van der Waals surface area contributed by atoms with Crippen molar-refractivity contribution in [3.05, 3.63) is 76.6 Å². The molecule has 1 aromatic heterocycles. The first-order valence-electron chi connectivity index (χ1n) is 11.5. The highest BCUT2D eigenvalue weighted by Gasteiger charge is 2.28. The lowest BCUT2D eigenvalue weighted by atomic mass is 10.2. The summed E-state index contributed by atoms with van der Waals surface area (Å²) in [6.45, 7) is 4.25. The highest BCUT2D eigenvalue weighted by molar-refractivity contribution is 7.70. The van der Waals surface area contributed by atoms with Crippen molar-refractivity contribution in [2.24, 2.45) is 10.9 Å². The quantitative estimate of drug-likeness (QED) is 0.392. The largest absolute Gasteiger partial charge is 0.324 e. The zero-order valence-electron chi connectivity index (χ0n) is 19.6. The Morgan fingerprint density at radius 3 is 2.40 bits per heavy atom. The molecule has 5 rings (SSSR count). The molecule has 178 valence electrons. The van der Waals surface area contributed by atoms with Gasteiger partial charge < -0.3 is 15.2 Å². The molecule has 3 aromatic rings. The van der Waals surface area contributed by atoms with Gasteiger partial charge in [-0.15, -0.1) is 0 Å². The van der Waals surface area contributed by atoms with Crippen LogP contribution in [-0.4, -0.2) is 40.7 Å². The number of benzene rings is 2. The lowest BCUT2D eigenvalue weighted by Crippen LogP contribution is -2.13. The second-order valence-corrected chi connectivity index (χ2v) is 12.7. The maximum absolute atomic E-state index is 12.3. The van der Waals surface area contributed by atoms with E-state index in [2.05, 4.69) is 36.7 Å². The summed E-state index contributed by atoms with van der Waals surface area (Å²) in [4.78, 5) is 18.3. The summed E-state index contributed by atoms with van der Waals surface area (Å²) in [7, 11) is -2.32. The first-order chi connectivity index (χ1) is 16.8. The van der Waals surface area contributed by atoms with E-state index in [1.165, 1.54) is 18.4 Å². The number of hydrogen-bond acceptors (Lipinski definition) is 7. The van der Waals surface area contributed by atoms with E-state index < -0.39 is 7.14 Å². The van der Waals surface area contributed by atoms with Crippen LogP contribution in [0.25, 0.3) is 12.2 Å². The van der Waals surface area contributed by atoms with E-state index in [9.17, 15) is 4.57 Å². The smallest absolute Gasteiger partial charge is 0.233 e. The number of hydrogen-bond donors (Lipinski definition) is 2. The van der Waals surface area contributed by atoms with E-state index in [4.69, 9.17) is 11.6 Å². The van der Waals surface area contributed by atoms with Crippen LogP contribution in [0.3, 0.4) is 0 Å². The van der Waals surface area contributed by atoms with E-state index in [0.717, 1.165) is 28.9 Å². The second-order valence-electron chi connectivity index (χ2n) is 9.07. The third kappa shape index (κ3) is 6.24. The molecule has 0 bridgehead atoms. The van der Waals surface area contributed by atoms with Crippen LogP contribution in [0.1, 0.15) is 24.2 Å². The Labute approximate surface area is 209 Å². The molecule has 2 aromatic carbocycles. The zero-order valence-corrected chi connectivity index (χ0v) is 21.2. The summed E-state index contributed by atoms with van der Waals surface area (Å²) in [6, 6.07) is 15.0. The molecule has 0 radical (unpaired) electrons. The van der Waals surface area contributed by atoms with E-state index in [1.807, 2.05) is 60.7 Å². The molecule has 2 aliphatic rings. The Morgan fingerprint density at radius 2 is 1.71 bits per heavy atom. The predicted molar refractivity (Wildman–Crippen MR) is 146 cm³/mol. The van der Waals surface area contributed by atoms with Crippen molar-refractivity contribution in [1.82, 2.24) is 15.0 Å². The fourth-order valence-electron chi connectivity index (χ4n) is 3.73. The van der Waals surface area contributed by atoms with Crippen LogP contribution in [0, 0.1) is 5.92 Å². The van der Waals surface area contributed by atoms with Crippen molar-refractivity contribution in [2.75, 3.05) is 30.5 Å². The van der Waals surface area contributed by atoms with Crippen LogP contribution < -0.4 is 15.9 Å². The standard InChI is InChI=1S/C26H26ClN6OP/c1-35(2,34)22-11-9-21(10-12-22)29-25-30-23(13-6-17-4-3-5-20(27)14-17)31-26(33-25)32-24-15-19(16-28-24)18-7-8-18/h3-6,9-15,18H,7-8,16H2,1-2H3,(H2,28,29,30,31,32,33)/b13-6+. The molecular formula is C26H26ClN6OP. The molecule has 2 heterocycles. The van der Waals surface area contributed by atoms with E-state index in [-0.39, 0.29) is 0 Å². The van der Waals surface area contributed by atoms with Gasteiger partial charge in [-0.2, -0.15) is 15.0 Å². The van der Waals surface area contributed by atoms with Crippen LogP contribution in [0.5, 0.6) is 0 Å². The van der Waals surface area contributed by atoms with Gasteiger partial charge in [0.2, 0.25) is 11.9 Å².